The first-order valence-corrected chi connectivity index (χ1v) is 7.96. The minimum Gasteiger partial charge on any atom is -0.382 e. The summed E-state index contributed by atoms with van der Waals surface area (Å²) in [5.74, 6) is 2.83. The summed E-state index contributed by atoms with van der Waals surface area (Å²) in [5.41, 5.74) is 6.84. The molecule has 1 aliphatic heterocycles. The van der Waals surface area contributed by atoms with Crippen molar-refractivity contribution < 1.29 is 0 Å². The normalized spacial score (nSPS) is 20.5. The maximum atomic E-state index is 5.67. The van der Waals surface area contributed by atoms with Gasteiger partial charge in [-0.2, -0.15) is 9.47 Å². The third-order valence-electron chi connectivity index (χ3n) is 4.20. The molecule has 0 amide bonds. The number of nitrogens with two attached hydrogens (primary N) is 1. The quantitative estimate of drug-likeness (QED) is 0.904. The van der Waals surface area contributed by atoms with Crippen LogP contribution in [0.1, 0.15) is 49.0 Å². The molecular weight excluding hydrogens is 272 g/mol. The van der Waals surface area contributed by atoms with Crippen LogP contribution in [0.3, 0.4) is 0 Å². The van der Waals surface area contributed by atoms with Crippen LogP contribution < -0.4 is 10.6 Å². The van der Waals surface area contributed by atoms with Crippen molar-refractivity contribution in [2.75, 3.05) is 23.7 Å². The monoisotopic (exact) mass is 290 g/mol. The Kier molecular flexibility index (Phi) is 2.87. The molecule has 0 unspecified atom stereocenters. The largest absolute Gasteiger partial charge is 0.382 e. The van der Waals surface area contributed by atoms with Crippen molar-refractivity contribution in [2.24, 2.45) is 0 Å². The number of rotatable bonds is 3. The molecule has 2 fully saturated rings. The van der Waals surface area contributed by atoms with E-state index in [4.69, 9.17) is 10.7 Å². The second-order valence-electron chi connectivity index (χ2n) is 5.72. The average Bonchev–Trinajstić information content (AvgIpc) is 3.04. The molecule has 1 saturated heterocycles. The van der Waals surface area contributed by atoms with Gasteiger partial charge in [-0.25, -0.2) is 4.98 Å². The number of hydrogen-bond acceptors (Lipinski definition) is 6. The summed E-state index contributed by atoms with van der Waals surface area (Å²) in [6, 6.07) is 1.95. The van der Waals surface area contributed by atoms with Gasteiger partial charge in [0.1, 0.15) is 11.6 Å². The maximum Gasteiger partial charge on any atom is 0.205 e. The predicted octanol–water partition coefficient (Wildman–Crippen LogP) is 2.10. The van der Waals surface area contributed by atoms with Crippen molar-refractivity contribution in [1.82, 2.24) is 19.6 Å². The average molecular weight is 290 g/mol. The van der Waals surface area contributed by atoms with Gasteiger partial charge in [-0.1, -0.05) is 0 Å². The molecule has 20 heavy (non-hydrogen) atoms. The lowest BCUT2D eigenvalue weighted by Crippen LogP contribution is -2.32. The third-order valence-corrected chi connectivity index (χ3v) is 4.99. The Balaban J connectivity index is 1.40. The fraction of sp³-hybridized carbons (Fsp3) is 0.615. The predicted molar refractivity (Wildman–Crippen MR) is 79.1 cm³/mol. The van der Waals surface area contributed by atoms with Gasteiger partial charge in [0.2, 0.25) is 5.13 Å². The summed E-state index contributed by atoms with van der Waals surface area (Å²) in [6.07, 6.45) is 4.75. The number of nitrogen functional groups attached to an aromatic ring is 1. The van der Waals surface area contributed by atoms with E-state index in [9.17, 15) is 0 Å². The number of aromatic nitrogens is 4. The lowest BCUT2D eigenvalue weighted by atomic mass is 9.94. The molecule has 2 aliphatic rings. The summed E-state index contributed by atoms with van der Waals surface area (Å²) >= 11 is 1.55. The Morgan fingerprint density at radius 1 is 1.20 bits per heavy atom. The lowest BCUT2D eigenvalue weighted by Gasteiger charge is -2.30. The molecule has 3 N–H and O–H groups in total. The Morgan fingerprint density at radius 3 is 2.65 bits per heavy atom. The van der Waals surface area contributed by atoms with E-state index in [1.54, 1.807) is 11.5 Å². The number of piperidine rings is 1. The topological polar surface area (TPSA) is 83.7 Å². The van der Waals surface area contributed by atoms with E-state index in [1.165, 1.54) is 12.8 Å². The van der Waals surface area contributed by atoms with E-state index in [2.05, 4.69) is 19.5 Å². The van der Waals surface area contributed by atoms with Gasteiger partial charge in [0.25, 0.3) is 0 Å². The van der Waals surface area contributed by atoms with Crippen LogP contribution in [0.5, 0.6) is 0 Å². The van der Waals surface area contributed by atoms with E-state index in [1.807, 2.05) is 6.07 Å². The molecule has 6 nitrogen and oxygen atoms in total. The van der Waals surface area contributed by atoms with Crippen LogP contribution in [-0.4, -0.2) is 32.6 Å². The van der Waals surface area contributed by atoms with Gasteiger partial charge in [0.05, 0.1) is 0 Å². The summed E-state index contributed by atoms with van der Waals surface area (Å²) in [5, 5.41) is 8.15. The molecule has 1 saturated carbocycles. The molecule has 0 radical (unpaired) electrons. The van der Waals surface area contributed by atoms with Crippen LogP contribution in [0.4, 0.5) is 10.9 Å². The van der Waals surface area contributed by atoms with Crippen molar-refractivity contribution in [2.45, 2.75) is 37.5 Å². The number of hydrogen-bond donors (Lipinski definition) is 2. The van der Waals surface area contributed by atoms with E-state index < -0.39 is 0 Å². The first-order chi connectivity index (χ1) is 9.79. The molecule has 0 bridgehead atoms. The molecule has 0 atom stereocenters. The minimum absolute atomic E-state index is 0.534. The molecule has 106 valence electrons. The number of H-pyrrole nitrogens is 1. The van der Waals surface area contributed by atoms with Crippen LogP contribution in [0.2, 0.25) is 0 Å². The summed E-state index contributed by atoms with van der Waals surface area (Å²) in [6.45, 7) is 2.06. The third kappa shape index (κ3) is 2.26. The van der Waals surface area contributed by atoms with Crippen molar-refractivity contribution in [3.05, 3.63) is 17.6 Å². The Morgan fingerprint density at radius 2 is 2.00 bits per heavy atom. The van der Waals surface area contributed by atoms with E-state index in [0.29, 0.717) is 17.7 Å². The highest BCUT2D eigenvalue weighted by atomic mass is 32.1. The molecule has 1 aliphatic carbocycles. The summed E-state index contributed by atoms with van der Waals surface area (Å²) < 4.78 is 4.49. The Hall–Kier alpha value is -1.63. The number of nitrogens with zero attached hydrogens (tertiary/aromatic N) is 4. The SMILES string of the molecule is Nc1cc(C2CCN(c3nc(C4CC4)ns3)CC2)[nH]n1. The lowest BCUT2D eigenvalue weighted by molar-refractivity contribution is 0.495. The number of aromatic amines is 1. The van der Waals surface area contributed by atoms with Gasteiger partial charge in [-0.05, 0) is 25.7 Å². The molecule has 0 aromatic carbocycles. The molecule has 3 heterocycles. The standard InChI is InChI=1S/C13H18N6S/c14-11-7-10(16-17-11)8-3-5-19(6-4-8)13-15-12(18-20-13)9-1-2-9/h7-9H,1-6H2,(H3,14,16,17). The summed E-state index contributed by atoms with van der Waals surface area (Å²) in [4.78, 5) is 7.05. The molecule has 0 spiro atoms. The highest BCUT2D eigenvalue weighted by molar-refractivity contribution is 7.09. The van der Waals surface area contributed by atoms with Crippen LogP contribution in [0.15, 0.2) is 6.07 Å². The van der Waals surface area contributed by atoms with Crippen LogP contribution >= 0.6 is 11.5 Å². The van der Waals surface area contributed by atoms with Crippen molar-refractivity contribution in [3.8, 4) is 0 Å². The van der Waals surface area contributed by atoms with Gasteiger partial charge in [0.15, 0.2) is 0 Å². The zero-order valence-electron chi connectivity index (χ0n) is 11.2. The zero-order valence-corrected chi connectivity index (χ0v) is 12.1. The van der Waals surface area contributed by atoms with Crippen molar-refractivity contribution >= 4 is 22.5 Å². The maximum absolute atomic E-state index is 5.67. The van der Waals surface area contributed by atoms with Gasteiger partial charge >= 0.3 is 0 Å². The van der Waals surface area contributed by atoms with Crippen LogP contribution in [0, 0.1) is 0 Å². The van der Waals surface area contributed by atoms with Crippen LogP contribution in [0.25, 0.3) is 0 Å². The van der Waals surface area contributed by atoms with Crippen LogP contribution in [-0.2, 0) is 0 Å². The highest BCUT2D eigenvalue weighted by Gasteiger charge is 2.29. The Labute approximate surface area is 121 Å². The molecule has 2 aromatic heterocycles. The molecule has 7 heteroatoms. The molecule has 4 rings (SSSR count). The van der Waals surface area contributed by atoms with Crippen molar-refractivity contribution in [3.63, 3.8) is 0 Å². The zero-order chi connectivity index (χ0) is 13.5. The minimum atomic E-state index is 0.534. The Bertz CT molecular complexity index is 594. The number of nitrogens with one attached hydrogen (secondary N) is 1. The van der Waals surface area contributed by atoms with Gasteiger partial charge < -0.3 is 10.6 Å². The highest BCUT2D eigenvalue weighted by Crippen LogP contribution is 2.40. The molecular formula is C13H18N6S. The second kappa shape index (κ2) is 4.73. The first kappa shape index (κ1) is 12.1. The summed E-state index contributed by atoms with van der Waals surface area (Å²) in [7, 11) is 0. The van der Waals surface area contributed by atoms with Crippen molar-refractivity contribution in [1.29, 1.82) is 0 Å². The van der Waals surface area contributed by atoms with E-state index in [0.717, 1.165) is 42.6 Å². The van der Waals surface area contributed by atoms with Gasteiger partial charge in [-0.15, -0.1) is 0 Å². The van der Waals surface area contributed by atoms with E-state index in [-0.39, 0.29) is 0 Å². The first-order valence-electron chi connectivity index (χ1n) is 7.19. The van der Waals surface area contributed by atoms with E-state index >= 15 is 0 Å². The van der Waals surface area contributed by atoms with Gasteiger partial charge in [-0.3, -0.25) is 5.10 Å². The molecule has 2 aromatic rings. The number of anilines is 2. The van der Waals surface area contributed by atoms with Gasteiger partial charge in [0, 0.05) is 48.2 Å². The smallest absolute Gasteiger partial charge is 0.205 e. The second-order valence-corrected chi connectivity index (χ2v) is 6.45. The fourth-order valence-corrected chi connectivity index (χ4v) is 3.60. The fourth-order valence-electron chi connectivity index (χ4n) is 2.81.